The van der Waals surface area contributed by atoms with Gasteiger partial charge in [-0.25, -0.2) is 0 Å². The maximum Gasteiger partial charge on any atom is 0.295 e. The Morgan fingerprint density at radius 2 is 1.39 bits per heavy atom. The lowest BCUT2D eigenvalue weighted by molar-refractivity contribution is 0.316. The van der Waals surface area contributed by atoms with Gasteiger partial charge in [0.25, 0.3) is 40.5 Å². The number of nitriles is 1. The molecule has 0 aliphatic rings. The second-order valence-corrected chi connectivity index (χ2v) is 16.0. The molecular weight excluding hydrogens is 713 g/mol. The fourth-order valence-electron chi connectivity index (χ4n) is 4.13. The van der Waals surface area contributed by atoms with Crippen LogP contribution in [0.3, 0.4) is 0 Å². The summed E-state index contributed by atoms with van der Waals surface area (Å²) in [4.78, 5) is -3.26. The lowest BCUT2D eigenvalue weighted by Gasteiger charge is -2.11. The van der Waals surface area contributed by atoms with Crippen molar-refractivity contribution in [2.45, 2.75) is 21.1 Å². The molecule has 22 heteroatoms. The summed E-state index contributed by atoms with van der Waals surface area (Å²) in [6, 6.07) is 10.6. The first-order valence-corrected chi connectivity index (χ1v) is 18.9. The Hall–Kier alpha value is -4.05. The van der Waals surface area contributed by atoms with E-state index in [-0.39, 0.29) is 34.2 Å². The fourth-order valence-corrected chi connectivity index (χ4v) is 7.52. The molecule has 1 heterocycles. The highest BCUT2D eigenvalue weighted by Crippen LogP contribution is 2.45. The summed E-state index contributed by atoms with van der Waals surface area (Å²) in [5.41, 5.74) is 6.19. The van der Waals surface area contributed by atoms with Crippen LogP contribution in [0.2, 0.25) is 0 Å². The molecule has 3 aromatic carbocycles. The van der Waals surface area contributed by atoms with E-state index in [0.717, 1.165) is 23.5 Å². The fraction of sp³-hybridized carbons (Fsp3) is 0.125. The van der Waals surface area contributed by atoms with Crippen molar-refractivity contribution in [1.82, 2.24) is 0 Å². The maximum atomic E-state index is 12.2. The second-order valence-electron chi connectivity index (χ2n) is 9.23. The number of nitrogens with two attached hydrogens (primary N) is 1. The van der Waals surface area contributed by atoms with E-state index in [4.69, 9.17) is 15.0 Å². The lowest BCUT2D eigenvalue weighted by atomic mass is 10.0. The van der Waals surface area contributed by atoms with Gasteiger partial charge in [-0.15, -0.1) is 10.2 Å². The highest BCUT2D eigenvalue weighted by Gasteiger charge is 2.26. The molecule has 6 N–H and O–H groups in total. The summed E-state index contributed by atoms with van der Waals surface area (Å²) in [6.45, 7) is -0.0266. The van der Waals surface area contributed by atoms with Crippen molar-refractivity contribution < 1.29 is 56.6 Å². The Balaban J connectivity index is 1.81. The van der Waals surface area contributed by atoms with Crippen LogP contribution >= 0.6 is 11.3 Å². The van der Waals surface area contributed by atoms with Crippen molar-refractivity contribution in [1.29, 1.82) is 5.26 Å². The summed E-state index contributed by atoms with van der Waals surface area (Å²) < 4.78 is 137. The molecule has 0 bridgehead atoms. The van der Waals surface area contributed by atoms with Crippen LogP contribution < -0.4 is 10.5 Å². The van der Waals surface area contributed by atoms with Crippen molar-refractivity contribution in [3.8, 4) is 22.9 Å². The number of hydrogen-bond donors (Lipinski definition) is 5. The average molecular weight is 733 g/mol. The molecule has 0 radical (unpaired) electrons. The lowest BCUT2D eigenvalue weighted by Crippen LogP contribution is -2.08. The van der Waals surface area contributed by atoms with E-state index >= 15 is 0 Å². The van der Waals surface area contributed by atoms with Gasteiger partial charge in [-0.2, -0.15) is 38.9 Å². The van der Waals surface area contributed by atoms with Crippen molar-refractivity contribution in [3.63, 3.8) is 0 Å². The van der Waals surface area contributed by atoms with Gasteiger partial charge in [-0.1, -0.05) is 23.5 Å². The molecule has 0 unspecified atom stereocenters. The largest absolute Gasteiger partial charge is 0.494 e. The number of fused-ring (bicyclic) bond motifs is 1. The van der Waals surface area contributed by atoms with Gasteiger partial charge in [0, 0.05) is 16.3 Å². The van der Waals surface area contributed by atoms with Crippen LogP contribution in [0.1, 0.15) is 12.0 Å². The molecule has 0 aliphatic carbocycles. The number of rotatable bonds is 11. The monoisotopic (exact) mass is 732 g/mol. The molecular formula is C24H20N4O13S5. The smallest absolute Gasteiger partial charge is 0.295 e. The molecule has 17 nitrogen and oxygen atoms in total. The predicted octanol–water partition coefficient (Wildman–Crippen LogP) is 3.83. The van der Waals surface area contributed by atoms with Gasteiger partial charge in [0.1, 0.15) is 31.6 Å². The van der Waals surface area contributed by atoms with Gasteiger partial charge >= 0.3 is 0 Å². The first kappa shape index (κ1) is 34.8. The molecule has 46 heavy (non-hydrogen) atoms. The first-order chi connectivity index (χ1) is 21.2. The molecule has 4 aromatic rings. The number of hydrogen-bond acceptors (Lipinski definition) is 14. The number of nitrogen functional groups attached to an aromatic ring is 1. The van der Waals surface area contributed by atoms with Crippen LogP contribution in [0.15, 0.2) is 73.4 Å². The Bertz CT molecular complexity index is 2380. The molecule has 1 aromatic heterocycles. The first-order valence-electron chi connectivity index (χ1n) is 12.2. The highest BCUT2D eigenvalue weighted by atomic mass is 32.2. The number of ether oxygens (including phenoxy) is 1. The molecule has 0 saturated heterocycles. The zero-order valence-corrected chi connectivity index (χ0v) is 26.7. The van der Waals surface area contributed by atoms with Crippen molar-refractivity contribution in [2.24, 2.45) is 10.2 Å². The van der Waals surface area contributed by atoms with Crippen LogP contribution in [-0.2, 0) is 40.5 Å². The minimum atomic E-state index is -5.25. The second kappa shape index (κ2) is 12.6. The Labute approximate surface area is 265 Å². The van der Waals surface area contributed by atoms with E-state index < -0.39 is 77.4 Å². The normalized spacial score (nSPS) is 12.8. The summed E-state index contributed by atoms with van der Waals surface area (Å²) in [5, 5.41) is 16.4. The van der Waals surface area contributed by atoms with Crippen LogP contribution in [0.25, 0.3) is 21.9 Å². The molecule has 0 spiro atoms. The zero-order chi connectivity index (χ0) is 34.2. The van der Waals surface area contributed by atoms with Crippen molar-refractivity contribution in [3.05, 3.63) is 54.1 Å². The molecule has 244 valence electrons. The predicted molar refractivity (Wildman–Crippen MR) is 163 cm³/mol. The number of azo groups is 1. The molecule has 0 saturated carbocycles. The summed E-state index contributed by atoms with van der Waals surface area (Å²) >= 11 is 0.814. The standard InChI is InChI=1S/C24H20N4O13S5/c25-12-19-22(13-2-4-15(5-3-13)41-6-1-7-43(29,30)31)24(42-23(19)26)28-27-14-8-17-18(20(9-14)45(35,36)37)10-16(44(32,33)34)11-21(17)46(38,39)40/h2-5,8-11H,1,6-7,26H2,(H,29,30,31)(H,32,33,34)(H,35,36,37)(H,38,39,40)/b28-27+. The van der Waals surface area contributed by atoms with E-state index in [1.807, 2.05) is 6.07 Å². The number of benzene rings is 3. The summed E-state index contributed by atoms with van der Waals surface area (Å²) in [6.07, 6.45) is 0.0201. The van der Waals surface area contributed by atoms with Gasteiger partial charge in [-0.05, 0) is 48.4 Å². The Morgan fingerprint density at radius 3 is 1.93 bits per heavy atom. The van der Waals surface area contributed by atoms with Crippen LogP contribution in [-0.4, -0.2) is 64.2 Å². The third-order valence-corrected chi connectivity index (χ3v) is 10.4. The molecule has 4 rings (SSSR count). The average Bonchev–Trinajstić information content (AvgIpc) is 3.26. The van der Waals surface area contributed by atoms with E-state index in [1.54, 1.807) is 0 Å². The van der Waals surface area contributed by atoms with Crippen molar-refractivity contribution in [2.75, 3.05) is 18.1 Å². The SMILES string of the molecule is N#Cc1c(N)sc(/N=N/c2cc(S(=O)(=O)O)c3cc(S(=O)(=O)O)cc(S(=O)(=O)O)c3c2)c1-c1ccc(OCCCS(=O)(=O)O)cc1. The van der Waals surface area contributed by atoms with Crippen molar-refractivity contribution >= 4 is 78.3 Å². The molecule has 0 fully saturated rings. The number of thiophene rings is 1. The Morgan fingerprint density at radius 1 is 0.804 bits per heavy atom. The Kier molecular flexibility index (Phi) is 9.56. The topological polar surface area (TPSA) is 301 Å². The van der Waals surface area contributed by atoms with Gasteiger partial charge in [0.2, 0.25) is 0 Å². The molecule has 0 atom stereocenters. The molecule has 0 aliphatic heterocycles. The van der Waals surface area contributed by atoms with E-state index in [2.05, 4.69) is 10.2 Å². The van der Waals surface area contributed by atoms with Gasteiger partial charge in [0.15, 0.2) is 0 Å². The zero-order valence-electron chi connectivity index (χ0n) is 22.7. The van der Waals surface area contributed by atoms with Crippen LogP contribution in [0.5, 0.6) is 5.75 Å². The van der Waals surface area contributed by atoms with E-state index in [9.17, 15) is 52.6 Å². The third kappa shape index (κ3) is 8.02. The van der Waals surface area contributed by atoms with Gasteiger partial charge < -0.3 is 10.5 Å². The minimum Gasteiger partial charge on any atom is -0.494 e. The van der Waals surface area contributed by atoms with E-state index in [1.165, 1.54) is 24.3 Å². The van der Waals surface area contributed by atoms with Gasteiger partial charge in [0.05, 0.1) is 28.5 Å². The highest BCUT2D eigenvalue weighted by molar-refractivity contribution is 7.87. The van der Waals surface area contributed by atoms with Crippen LogP contribution in [0.4, 0.5) is 15.7 Å². The minimum absolute atomic E-state index is 0.00399. The number of anilines is 1. The number of nitrogens with zero attached hydrogens (tertiary/aromatic N) is 3. The summed E-state index contributed by atoms with van der Waals surface area (Å²) in [7, 11) is -19.7. The maximum absolute atomic E-state index is 12.2. The van der Waals surface area contributed by atoms with E-state index in [0.29, 0.717) is 23.4 Å². The van der Waals surface area contributed by atoms with Gasteiger partial charge in [-0.3, -0.25) is 18.2 Å². The third-order valence-electron chi connectivity index (χ3n) is 6.05. The summed E-state index contributed by atoms with van der Waals surface area (Å²) in [5.74, 6) is -0.171. The quantitative estimate of drug-likeness (QED) is 0.0831. The van der Waals surface area contributed by atoms with Crippen LogP contribution in [0, 0.1) is 11.3 Å². The molecule has 0 amide bonds.